The van der Waals surface area contributed by atoms with Gasteiger partial charge in [0.15, 0.2) is 5.65 Å². The standard InChI is InChI=1S/C22H21N3O3S/c1-16-3-9-19(10-4-16)29(26,27)25-14-12-20-21(11-13-23-22(20)25)24-15-17-5-7-18(28-2)8-6-17/h3-14H,15H2,1-2H3,(H,23,24). The van der Waals surface area contributed by atoms with Crippen molar-refractivity contribution in [3.8, 4) is 5.75 Å². The number of nitrogens with one attached hydrogen (secondary N) is 1. The molecule has 0 saturated heterocycles. The van der Waals surface area contributed by atoms with E-state index in [9.17, 15) is 8.42 Å². The molecule has 0 aliphatic carbocycles. The van der Waals surface area contributed by atoms with Gasteiger partial charge in [-0.3, -0.25) is 0 Å². The van der Waals surface area contributed by atoms with E-state index in [0.29, 0.717) is 12.2 Å². The Balaban J connectivity index is 1.65. The molecule has 1 N–H and O–H groups in total. The zero-order valence-corrected chi connectivity index (χ0v) is 17.0. The van der Waals surface area contributed by atoms with E-state index in [1.54, 1.807) is 49.8 Å². The molecule has 0 saturated carbocycles. The monoisotopic (exact) mass is 407 g/mol. The van der Waals surface area contributed by atoms with E-state index in [-0.39, 0.29) is 4.90 Å². The molecule has 0 unspecified atom stereocenters. The number of pyridine rings is 1. The number of hydrogen-bond donors (Lipinski definition) is 1. The van der Waals surface area contributed by atoms with Gasteiger partial charge in [0.25, 0.3) is 10.0 Å². The topological polar surface area (TPSA) is 73.2 Å². The highest BCUT2D eigenvalue weighted by molar-refractivity contribution is 7.90. The van der Waals surface area contributed by atoms with Gasteiger partial charge in [-0.15, -0.1) is 0 Å². The van der Waals surface area contributed by atoms with Crippen LogP contribution in [0.2, 0.25) is 0 Å². The number of ether oxygens (including phenoxy) is 1. The first-order valence-corrected chi connectivity index (χ1v) is 10.6. The predicted octanol–water partition coefficient (Wildman–Crippen LogP) is 4.20. The third-order valence-electron chi connectivity index (χ3n) is 4.77. The van der Waals surface area contributed by atoms with Crippen LogP contribution in [0, 0.1) is 6.92 Å². The maximum atomic E-state index is 13.1. The van der Waals surface area contributed by atoms with Crippen LogP contribution in [0.25, 0.3) is 11.0 Å². The molecule has 0 aliphatic rings. The van der Waals surface area contributed by atoms with Crippen molar-refractivity contribution in [2.45, 2.75) is 18.4 Å². The number of aromatic nitrogens is 2. The molecule has 0 amide bonds. The molecule has 29 heavy (non-hydrogen) atoms. The average Bonchev–Trinajstić information content (AvgIpc) is 3.18. The van der Waals surface area contributed by atoms with Crippen LogP contribution in [0.1, 0.15) is 11.1 Å². The summed E-state index contributed by atoms with van der Waals surface area (Å²) in [4.78, 5) is 4.55. The number of methoxy groups -OCH3 is 1. The third-order valence-corrected chi connectivity index (χ3v) is 6.45. The van der Waals surface area contributed by atoms with Gasteiger partial charge in [-0.2, -0.15) is 0 Å². The summed E-state index contributed by atoms with van der Waals surface area (Å²) < 4.78 is 32.5. The number of fused-ring (bicyclic) bond motifs is 1. The Morgan fingerprint density at radius 1 is 1.00 bits per heavy atom. The molecular weight excluding hydrogens is 386 g/mol. The van der Waals surface area contributed by atoms with Crippen LogP contribution in [0.15, 0.2) is 78.0 Å². The Bertz CT molecular complexity index is 1240. The van der Waals surface area contributed by atoms with E-state index >= 15 is 0 Å². The van der Waals surface area contributed by atoms with Crippen molar-refractivity contribution < 1.29 is 13.2 Å². The Kier molecular flexibility index (Phi) is 4.98. The fourth-order valence-electron chi connectivity index (χ4n) is 3.13. The minimum atomic E-state index is -3.72. The zero-order chi connectivity index (χ0) is 20.4. The van der Waals surface area contributed by atoms with Gasteiger partial charge < -0.3 is 10.1 Å². The molecule has 4 rings (SSSR count). The molecule has 0 atom stereocenters. The lowest BCUT2D eigenvalue weighted by atomic mass is 10.2. The molecule has 2 heterocycles. The molecule has 0 fully saturated rings. The summed E-state index contributed by atoms with van der Waals surface area (Å²) in [6, 6.07) is 18.2. The quantitative estimate of drug-likeness (QED) is 0.518. The molecule has 2 aromatic heterocycles. The zero-order valence-electron chi connectivity index (χ0n) is 16.2. The van der Waals surface area contributed by atoms with Crippen LogP contribution in [0.4, 0.5) is 5.69 Å². The van der Waals surface area contributed by atoms with Gasteiger partial charge >= 0.3 is 0 Å². The number of anilines is 1. The van der Waals surface area contributed by atoms with Crippen molar-refractivity contribution in [3.05, 3.63) is 84.2 Å². The molecule has 148 valence electrons. The van der Waals surface area contributed by atoms with Crippen LogP contribution in [0.5, 0.6) is 5.75 Å². The predicted molar refractivity (Wildman–Crippen MR) is 114 cm³/mol. The van der Waals surface area contributed by atoms with Crippen LogP contribution in [-0.4, -0.2) is 24.5 Å². The third kappa shape index (κ3) is 3.69. The van der Waals surface area contributed by atoms with E-state index in [0.717, 1.165) is 28.0 Å². The van der Waals surface area contributed by atoms with Crippen molar-refractivity contribution in [1.82, 2.24) is 8.96 Å². The van der Waals surface area contributed by atoms with E-state index in [2.05, 4.69) is 10.3 Å². The summed E-state index contributed by atoms with van der Waals surface area (Å²) in [5, 5.41) is 4.11. The lowest BCUT2D eigenvalue weighted by molar-refractivity contribution is 0.414. The van der Waals surface area contributed by atoms with E-state index in [1.807, 2.05) is 37.3 Å². The van der Waals surface area contributed by atoms with Crippen LogP contribution < -0.4 is 10.1 Å². The Morgan fingerprint density at radius 3 is 2.41 bits per heavy atom. The first-order valence-electron chi connectivity index (χ1n) is 9.14. The maximum absolute atomic E-state index is 13.1. The highest BCUT2D eigenvalue weighted by Gasteiger charge is 2.20. The Labute approximate surface area is 169 Å². The molecular formula is C22H21N3O3S. The van der Waals surface area contributed by atoms with Crippen LogP contribution >= 0.6 is 0 Å². The number of hydrogen-bond acceptors (Lipinski definition) is 5. The highest BCUT2D eigenvalue weighted by atomic mass is 32.2. The number of rotatable bonds is 6. The average molecular weight is 407 g/mol. The van der Waals surface area contributed by atoms with Gasteiger partial charge in [0.05, 0.1) is 12.0 Å². The van der Waals surface area contributed by atoms with Gasteiger partial charge in [-0.1, -0.05) is 29.8 Å². The van der Waals surface area contributed by atoms with Crippen molar-refractivity contribution in [1.29, 1.82) is 0 Å². The minimum Gasteiger partial charge on any atom is -0.497 e. The van der Waals surface area contributed by atoms with Crippen molar-refractivity contribution in [2.24, 2.45) is 0 Å². The normalized spacial score (nSPS) is 11.5. The smallest absolute Gasteiger partial charge is 0.269 e. The van der Waals surface area contributed by atoms with Gasteiger partial charge in [-0.25, -0.2) is 17.4 Å². The number of nitrogens with zero attached hydrogens (tertiary/aromatic N) is 2. The second-order valence-electron chi connectivity index (χ2n) is 6.73. The van der Waals surface area contributed by atoms with Gasteiger partial charge in [0, 0.05) is 30.0 Å². The summed E-state index contributed by atoms with van der Waals surface area (Å²) >= 11 is 0. The van der Waals surface area contributed by atoms with Crippen LogP contribution in [0.3, 0.4) is 0 Å². The van der Waals surface area contributed by atoms with Gasteiger partial charge in [0.2, 0.25) is 0 Å². The fraction of sp³-hybridized carbons (Fsp3) is 0.136. The largest absolute Gasteiger partial charge is 0.497 e. The first-order chi connectivity index (χ1) is 14.0. The molecule has 2 aromatic carbocycles. The summed E-state index contributed by atoms with van der Waals surface area (Å²) in [6.45, 7) is 2.52. The number of aryl methyl sites for hydroxylation is 1. The minimum absolute atomic E-state index is 0.235. The van der Waals surface area contributed by atoms with E-state index < -0.39 is 10.0 Å². The van der Waals surface area contributed by atoms with Gasteiger partial charge in [0.1, 0.15) is 5.75 Å². The molecule has 0 aliphatic heterocycles. The first kappa shape index (κ1) is 19.0. The molecule has 0 bridgehead atoms. The van der Waals surface area contributed by atoms with E-state index in [4.69, 9.17) is 4.74 Å². The summed E-state index contributed by atoms with van der Waals surface area (Å²) in [6.07, 6.45) is 3.16. The fourth-order valence-corrected chi connectivity index (χ4v) is 4.43. The lowest BCUT2D eigenvalue weighted by Crippen LogP contribution is -2.12. The summed E-state index contributed by atoms with van der Waals surface area (Å²) in [5.74, 6) is 0.804. The molecule has 4 aromatic rings. The SMILES string of the molecule is COc1ccc(CNc2ccnc3c2ccn3S(=O)(=O)c2ccc(C)cc2)cc1. The lowest BCUT2D eigenvalue weighted by Gasteiger charge is -2.10. The highest BCUT2D eigenvalue weighted by Crippen LogP contribution is 2.26. The molecule has 7 heteroatoms. The molecule has 6 nitrogen and oxygen atoms in total. The summed E-state index contributed by atoms with van der Waals surface area (Å²) in [5.41, 5.74) is 3.31. The Hall–Kier alpha value is -3.32. The van der Waals surface area contributed by atoms with Crippen molar-refractivity contribution >= 4 is 26.7 Å². The van der Waals surface area contributed by atoms with Crippen LogP contribution in [-0.2, 0) is 16.6 Å². The maximum Gasteiger partial charge on any atom is 0.269 e. The second kappa shape index (κ2) is 7.60. The molecule has 0 spiro atoms. The Morgan fingerprint density at radius 2 is 1.72 bits per heavy atom. The summed E-state index contributed by atoms with van der Waals surface area (Å²) in [7, 11) is -2.08. The van der Waals surface area contributed by atoms with Crippen molar-refractivity contribution in [3.63, 3.8) is 0 Å². The van der Waals surface area contributed by atoms with Crippen molar-refractivity contribution in [2.75, 3.05) is 12.4 Å². The second-order valence-corrected chi connectivity index (χ2v) is 8.54. The number of benzene rings is 2. The van der Waals surface area contributed by atoms with E-state index in [1.165, 1.54) is 3.97 Å². The molecule has 0 radical (unpaired) electrons. The van der Waals surface area contributed by atoms with Gasteiger partial charge in [-0.05, 0) is 48.9 Å².